The van der Waals surface area contributed by atoms with E-state index < -0.39 is 0 Å². The lowest BCUT2D eigenvalue weighted by molar-refractivity contribution is -0.143. The Kier molecular flexibility index (Phi) is 5.55. The van der Waals surface area contributed by atoms with E-state index in [2.05, 4.69) is 5.32 Å². The van der Waals surface area contributed by atoms with Gasteiger partial charge in [-0.1, -0.05) is 24.3 Å². The minimum Gasteiger partial charge on any atom is -0.395 e. The molecule has 1 aromatic rings. The average molecular weight is 304 g/mol. The molecule has 0 bridgehead atoms. The van der Waals surface area contributed by atoms with E-state index in [-0.39, 0.29) is 36.9 Å². The molecule has 5 nitrogen and oxygen atoms in total. The lowest BCUT2D eigenvalue weighted by Crippen LogP contribution is -2.48. The van der Waals surface area contributed by atoms with E-state index in [9.17, 15) is 9.59 Å². The minimum atomic E-state index is -0.273. The van der Waals surface area contributed by atoms with Gasteiger partial charge in [0.1, 0.15) is 0 Å². The number of amides is 2. The number of piperidine rings is 1. The van der Waals surface area contributed by atoms with Crippen LogP contribution in [0.2, 0.25) is 0 Å². The van der Waals surface area contributed by atoms with Crippen molar-refractivity contribution in [3.05, 3.63) is 35.4 Å². The van der Waals surface area contributed by atoms with E-state index in [0.29, 0.717) is 19.4 Å². The molecule has 1 aliphatic heterocycles. The predicted molar refractivity (Wildman–Crippen MR) is 84.1 cm³/mol. The van der Waals surface area contributed by atoms with Gasteiger partial charge in [0.05, 0.1) is 18.6 Å². The number of carbonyl (C=O) groups is 2. The first-order chi connectivity index (χ1) is 10.6. The highest BCUT2D eigenvalue weighted by atomic mass is 16.3. The monoisotopic (exact) mass is 304 g/mol. The van der Waals surface area contributed by atoms with Crippen LogP contribution in [0.4, 0.5) is 0 Å². The first kappa shape index (κ1) is 16.5. The van der Waals surface area contributed by atoms with Crippen molar-refractivity contribution in [3.8, 4) is 0 Å². The number of hydrogen-bond acceptors (Lipinski definition) is 3. The summed E-state index contributed by atoms with van der Waals surface area (Å²) in [6.07, 6.45) is 0.943. The van der Waals surface area contributed by atoms with E-state index in [1.807, 2.05) is 38.1 Å². The Labute approximate surface area is 131 Å². The molecule has 2 rings (SSSR count). The van der Waals surface area contributed by atoms with Gasteiger partial charge in [-0.2, -0.15) is 0 Å². The first-order valence-corrected chi connectivity index (χ1v) is 7.83. The Balaban J connectivity index is 2.36. The SMILES string of the molecule is CCN1C(=O)CC[C@@H](C(=O)NCCO)[C@@H]1c1ccccc1C. The van der Waals surface area contributed by atoms with Gasteiger partial charge < -0.3 is 15.3 Å². The third kappa shape index (κ3) is 3.30. The molecule has 22 heavy (non-hydrogen) atoms. The van der Waals surface area contributed by atoms with Crippen LogP contribution in [-0.4, -0.2) is 41.5 Å². The Hall–Kier alpha value is -1.88. The zero-order valence-corrected chi connectivity index (χ0v) is 13.2. The molecule has 0 spiro atoms. The molecule has 1 saturated heterocycles. The van der Waals surface area contributed by atoms with E-state index in [4.69, 9.17) is 5.11 Å². The van der Waals surface area contributed by atoms with Gasteiger partial charge in [-0.25, -0.2) is 0 Å². The molecule has 2 N–H and O–H groups in total. The van der Waals surface area contributed by atoms with Crippen LogP contribution in [0.15, 0.2) is 24.3 Å². The molecule has 2 amide bonds. The first-order valence-electron chi connectivity index (χ1n) is 7.83. The topological polar surface area (TPSA) is 69.6 Å². The second-order valence-corrected chi connectivity index (χ2v) is 5.64. The van der Waals surface area contributed by atoms with Crippen molar-refractivity contribution in [3.63, 3.8) is 0 Å². The smallest absolute Gasteiger partial charge is 0.225 e. The number of rotatable bonds is 5. The summed E-state index contributed by atoms with van der Waals surface area (Å²) >= 11 is 0. The molecule has 1 aromatic carbocycles. The van der Waals surface area contributed by atoms with Gasteiger partial charge in [0, 0.05) is 19.5 Å². The van der Waals surface area contributed by atoms with Crippen LogP contribution in [0, 0.1) is 12.8 Å². The molecule has 2 atom stereocenters. The number of benzene rings is 1. The van der Waals surface area contributed by atoms with Crippen LogP contribution in [0.3, 0.4) is 0 Å². The number of nitrogens with one attached hydrogen (secondary N) is 1. The Bertz CT molecular complexity index is 544. The predicted octanol–water partition coefficient (Wildman–Crippen LogP) is 1.40. The van der Waals surface area contributed by atoms with Crippen molar-refractivity contribution < 1.29 is 14.7 Å². The standard InChI is InChI=1S/C17H24N2O3/c1-3-19-15(21)9-8-14(17(22)18-10-11-20)16(19)13-7-5-4-6-12(13)2/h4-7,14,16,20H,3,8-11H2,1-2H3,(H,18,22)/t14-,16+/m1/s1. The third-order valence-corrected chi connectivity index (χ3v) is 4.30. The second kappa shape index (κ2) is 7.40. The average Bonchev–Trinajstić information content (AvgIpc) is 2.52. The Morgan fingerprint density at radius 1 is 1.41 bits per heavy atom. The van der Waals surface area contributed by atoms with Crippen LogP contribution in [-0.2, 0) is 9.59 Å². The maximum absolute atomic E-state index is 12.5. The molecule has 1 heterocycles. The summed E-state index contributed by atoms with van der Waals surface area (Å²) < 4.78 is 0. The summed E-state index contributed by atoms with van der Waals surface area (Å²) in [6, 6.07) is 7.67. The Morgan fingerprint density at radius 3 is 2.77 bits per heavy atom. The number of carbonyl (C=O) groups excluding carboxylic acids is 2. The Morgan fingerprint density at radius 2 is 2.14 bits per heavy atom. The number of hydrogen-bond donors (Lipinski definition) is 2. The zero-order valence-electron chi connectivity index (χ0n) is 13.2. The van der Waals surface area contributed by atoms with E-state index >= 15 is 0 Å². The number of nitrogens with zero attached hydrogens (tertiary/aromatic N) is 1. The van der Waals surface area contributed by atoms with Gasteiger partial charge in [0.15, 0.2) is 0 Å². The van der Waals surface area contributed by atoms with Gasteiger partial charge in [0.25, 0.3) is 0 Å². The van der Waals surface area contributed by atoms with Crippen LogP contribution < -0.4 is 5.32 Å². The van der Waals surface area contributed by atoms with Gasteiger partial charge >= 0.3 is 0 Å². The quantitative estimate of drug-likeness (QED) is 0.864. The number of aliphatic hydroxyl groups excluding tert-OH is 1. The van der Waals surface area contributed by atoms with E-state index in [1.165, 1.54) is 0 Å². The molecular formula is C17H24N2O3. The molecule has 5 heteroatoms. The van der Waals surface area contributed by atoms with E-state index in [1.54, 1.807) is 4.90 Å². The molecular weight excluding hydrogens is 280 g/mol. The summed E-state index contributed by atoms with van der Waals surface area (Å²) in [5, 5.41) is 11.7. The largest absolute Gasteiger partial charge is 0.395 e. The highest BCUT2D eigenvalue weighted by Crippen LogP contribution is 2.37. The fraction of sp³-hybridized carbons (Fsp3) is 0.529. The molecule has 1 aliphatic rings. The van der Waals surface area contributed by atoms with Crippen LogP contribution in [0.25, 0.3) is 0 Å². The van der Waals surface area contributed by atoms with Crippen molar-refractivity contribution in [1.29, 1.82) is 0 Å². The molecule has 0 radical (unpaired) electrons. The summed E-state index contributed by atoms with van der Waals surface area (Å²) in [4.78, 5) is 26.5. The molecule has 0 unspecified atom stereocenters. The van der Waals surface area contributed by atoms with Gasteiger partial charge in [-0.05, 0) is 31.4 Å². The van der Waals surface area contributed by atoms with Crippen molar-refractivity contribution in [2.45, 2.75) is 32.7 Å². The summed E-state index contributed by atoms with van der Waals surface area (Å²) in [5.41, 5.74) is 2.11. The maximum Gasteiger partial charge on any atom is 0.225 e. The molecule has 0 aliphatic carbocycles. The van der Waals surface area contributed by atoms with Crippen LogP contribution >= 0.6 is 0 Å². The third-order valence-electron chi connectivity index (χ3n) is 4.30. The van der Waals surface area contributed by atoms with Crippen LogP contribution in [0.5, 0.6) is 0 Å². The lowest BCUT2D eigenvalue weighted by atomic mass is 9.82. The van der Waals surface area contributed by atoms with E-state index in [0.717, 1.165) is 11.1 Å². The molecule has 120 valence electrons. The summed E-state index contributed by atoms with van der Waals surface area (Å²) in [7, 11) is 0. The number of aryl methyl sites for hydroxylation is 1. The fourth-order valence-electron chi connectivity index (χ4n) is 3.21. The molecule has 1 fully saturated rings. The van der Waals surface area contributed by atoms with Gasteiger partial charge in [-0.15, -0.1) is 0 Å². The fourth-order valence-corrected chi connectivity index (χ4v) is 3.21. The maximum atomic E-state index is 12.5. The van der Waals surface area contributed by atoms with Crippen molar-refractivity contribution >= 4 is 11.8 Å². The highest BCUT2D eigenvalue weighted by Gasteiger charge is 2.40. The lowest BCUT2D eigenvalue weighted by Gasteiger charge is -2.41. The second-order valence-electron chi connectivity index (χ2n) is 5.64. The highest BCUT2D eigenvalue weighted by molar-refractivity contribution is 5.85. The summed E-state index contributed by atoms with van der Waals surface area (Å²) in [6.45, 7) is 4.70. The number of likely N-dealkylation sites (tertiary alicyclic amines) is 1. The minimum absolute atomic E-state index is 0.0795. The molecule has 0 aromatic heterocycles. The van der Waals surface area contributed by atoms with Crippen molar-refractivity contribution in [2.75, 3.05) is 19.7 Å². The van der Waals surface area contributed by atoms with Gasteiger partial charge in [-0.3, -0.25) is 9.59 Å². The number of aliphatic hydroxyl groups is 1. The molecule has 0 saturated carbocycles. The summed E-state index contributed by atoms with van der Waals surface area (Å²) in [5.74, 6) is -0.263. The van der Waals surface area contributed by atoms with Crippen LogP contribution in [0.1, 0.15) is 36.9 Å². The van der Waals surface area contributed by atoms with Crippen molar-refractivity contribution in [2.24, 2.45) is 5.92 Å². The zero-order chi connectivity index (χ0) is 16.1. The van der Waals surface area contributed by atoms with Crippen molar-refractivity contribution in [1.82, 2.24) is 10.2 Å². The normalized spacial score (nSPS) is 21.8. The van der Waals surface area contributed by atoms with Gasteiger partial charge in [0.2, 0.25) is 11.8 Å².